The van der Waals surface area contributed by atoms with Crippen molar-refractivity contribution in [2.75, 3.05) is 24.3 Å². The zero-order chi connectivity index (χ0) is 18.2. The lowest BCUT2D eigenvalue weighted by Gasteiger charge is -2.10. The van der Waals surface area contributed by atoms with E-state index in [1.807, 2.05) is 48.5 Å². The summed E-state index contributed by atoms with van der Waals surface area (Å²) in [7, 11) is 1.68. The summed E-state index contributed by atoms with van der Waals surface area (Å²) in [6.45, 7) is 0.739. The van der Waals surface area contributed by atoms with E-state index >= 15 is 0 Å². The molecule has 1 aromatic heterocycles. The van der Waals surface area contributed by atoms with Crippen LogP contribution in [0.2, 0.25) is 0 Å². The zero-order valence-electron chi connectivity index (χ0n) is 14.6. The van der Waals surface area contributed by atoms with Crippen molar-refractivity contribution in [3.8, 4) is 5.75 Å². The summed E-state index contributed by atoms with van der Waals surface area (Å²) in [5.74, 6) is 1.50. The number of aromatic nitrogens is 1. The summed E-state index contributed by atoms with van der Waals surface area (Å²) < 4.78 is 5.35. The number of hydrogen-bond acceptors (Lipinski definition) is 4. The van der Waals surface area contributed by atoms with Gasteiger partial charge in [0.1, 0.15) is 11.6 Å². The molecule has 5 nitrogen and oxygen atoms in total. The van der Waals surface area contributed by atoms with E-state index in [0.717, 1.165) is 30.1 Å². The predicted octanol–water partition coefficient (Wildman–Crippen LogP) is 4.00. The van der Waals surface area contributed by atoms with Gasteiger partial charge in [-0.25, -0.2) is 4.98 Å². The topological polar surface area (TPSA) is 63.2 Å². The summed E-state index contributed by atoms with van der Waals surface area (Å²) in [6.07, 6.45) is 2.48. The number of rotatable bonds is 7. The molecule has 1 heterocycles. The highest BCUT2D eigenvalue weighted by atomic mass is 16.5. The highest BCUT2D eigenvalue weighted by Crippen LogP contribution is 2.18. The Hall–Kier alpha value is -3.34. The van der Waals surface area contributed by atoms with Gasteiger partial charge in [-0.2, -0.15) is 0 Å². The van der Waals surface area contributed by atoms with Crippen LogP contribution >= 0.6 is 0 Å². The summed E-state index contributed by atoms with van der Waals surface area (Å²) in [4.78, 5) is 16.5. The molecule has 132 valence electrons. The number of hydrogen-bond donors (Lipinski definition) is 2. The number of nitrogens with zero attached hydrogens (tertiary/aromatic N) is 1. The highest BCUT2D eigenvalue weighted by molar-refractivity contribution is 6.04. The van der Waals surface area contributed by atoms with E-state index in [0.29, 0.717) is 11.3 Å². The van der Waals surface area contributed by atoms with Gasteiger partial charge in [-0.1, -0.05) is 36.4 Å². The molecule has 0 aliphatic heterocycles. The van der Waals surface area contributed by atoms with Crippen molar-refractivity contribution >= 4 is 17.4 Å². The number of amides is 1. The van der Waals surface area contributed by atoms with Crippen molar-refractivity contribution in [2.24, 2.45) is 0 Å². The summed E-state index contributed by atoms with van der Waals surface area (Å²) >= 11 is 0. The van der Waals surface area contributed by atoms with Crippen LogP contribution in [-0.4, -0.2) is 24.5 Å². The van der Waals surface area contributed by atoms with Crippen molar-refractivity contribution in [3.63, 3.8) is 0 Å². The van der Waals surface area contributed by atoms with E-state index in [1.165, 1.54) is 0 Å². The number of nitrogens with one attached hydrogen (secondary N) is 2. The molecule has 26 heavy (non-hydrogen) atoms. The molecule has 3 aromatic rings. The van der Waals surface area contributed by atoms with Gasteiger partial charge in [-0.05, 0) is 42.3 Å². The lowest BCUT2D eigenvalue weighted by Crippen LogP contribution is -2.12. The summed E-state index contributed by atoms with van der Waals surface area (Å²) in [6, 6.07) is 20.7. The molecule has 1 amide bonds. The number of benzene rings is 2. The van der Waals surface area contributed by atoms with Gasteiger partial charge in [0, 0.05) is 12.1 Å². The van der Waals surface area contributed by atoms with E-state index in [1.54, 1.807) is 25.4 Å². The molecule has 0 bridgehead atoms. The molecule has 0 aliphatic carbocycles. The van der Waals surface area contributed by atoms with E-state index in [-0.39, 0.29) is 5.91 Å². The van der Waals surface area contributed by atoms with Crippen molar-refractivity contribution in [2.45, 2.75) is 6.42 Å². The molecule has 0 saturated carbocycles. The van der Waals surface area contributed by atoms with Crippen LogP contribution in [0, 0.1) is 0 Å². The minimum absolute atomic E-state index is 0.149. The Morgan fingerprint density at radius 1 is 1.00 bits per heavy atom. The van der Waals surface area contributed by atoms with Crippen LogP contribution in [0.3, 0.4) is 0 Å². The molecule has 0 unspecified atom stereocenters. The average Bonchev–Trinajstić information content (AvgIpc) is 2.70. The van der Waals surface area contributed by atoms with E-state index in [9.17, 15) is 4.79 Å². The maximum Gasteiger partial charge on any atom is 0.255 e. The minimum atomic E-state index is -0.149. The minimum Gasteiger partial charge on any atom is -0.496 e. The third kappa shape index (κ3) is 4.60. The number of ether oxygens (including phenoxy) is 1. The van der Waals surface area contributed by atoms with E-state index in [2.05, 4.69) is 21.7 Å². The third-order valence-corrected chi connectivity index (χ3v) is 3.95. The van der Waals surface area contributed by atoms with Crippen molar-refractivity contribution < 1.29 is 9.53 Å². The Bertz CT molecular complexity index is 849. The van der Waals surface area contributed by atoms with Crippen LogP contribution in [0.25, 0.3) is 0 Å². The van der Waals surface area contributed by atoms with E-state index in [4.69, 9.17) is 4.74 Å². The van der Waals surface area contributed by atoms with E-state index < -0.39 is 0 Å². The number of para-hydroxylation sites is 1. The maximum atomic E-state index is 12.1. The first-order valence-electron chi connectivity index (χ1n) is 8.44. The first-order chi connectivity index (χ1) is 12.8. The maximum absolute atomic E-state index is 12.1. The predicted molar refractivity (Wildman–Crippen MR) is 104 cm³/mol. The van der Waals surface area contributed by atoms with Gasteiger partial charge >= 0.3 is 0 Å². The molecule has 3 rings (SSSR count). The summed E-state index contributed by atoms with van der Waals surface area (Å²) in [5.41, 5.74) is 2.43. The van der Waals surface area contributed by atoms with Crippen molar-refractivity contribution in [3.05, 3.63) is 84.1 Å². The molecule has 0 saturated heterocycles. The molecule has 0 spiro atoms. The molecular formula is C21H21N3O2. The lowest BCUT2D eigenvalue weighted by molar-refractivity contribution is 0.102. The molecular weight excluding hydrogens is 326 g/mol. The first-order valence-corrected chi connectivity index (χ1v) is 8.44. The van der Waals surface area contributed by atoms with Crippen LogP contribution in [0.15, 0.2) is 72.9 Å². The molecule has 2 N–H and O–H groups in total. The van der Waals surface area contributed by atoms with Crippen LogP contribution < -0.4 is 15.4 Å². The van der Waals surface area contributed by atoms with Gasteiger partial charge in [0.2, 0.25) is 0 Å². The molecule has 0 aliphatic rings. The molecule has 0 radical (unpaired) electrons. The third-order valence-electron chi connectivity index (χ3n) is 3.95. The van der Waals surface area contributed by atoms with Gasteiger partial charge in [-0.15, -0.1) is 0 Å². The second-order valence-corrected chi connectivity index (χ2v) is 5.74. The van der Waals surface area contributed by atoms with Gasteiger partial charge in [0.25, 0.3) is 5.91 Å². The number of carbonyl (C=O) groups is 1. The number of pyridine rings is 1. The molecule has 2 aromatic carbocycles. The van der Waals surface area contributed by atoms with Crippen molar-refractivity contribution in [1.82, 2.24) is 4.98 Å². The Kier molecular flexibility index (Phi) is 5.83. The fraction of sp³-hybridized carbons (Fsp3) is 0.143. The van der Waals surface area contributed by atoms with Crippen LogP contribution in [-0.2, 0) is 6.42 Å². The Morgan fingerprint density at radius 3 is 2.50 bits per heavy atom. The number of anilines is 2. The zero-order valence-corrected chi connectivity index (χ0v) is 14.6. The van der Waals surface area contributed by atoms with Gasteiger partial charge < -0.3 is 15.4 Å². The number of methoxy groups -OCH3 is 1. The first kappa shape index (κ1) is 17.5. The Labute approximate surface area is 153 Å². The molecule has 0 atom stereocenters. The fourth-order valence-corrected chi connectivity index (χ4v) is 2.60. The SMILES string of the molecule is COc1ccccc1CCNc1ccc(NC(=O)c2ccccc2)cn1. The largest absolute Gasteiger partial charge is 0.496 e. The number of carbonyl (C=O) groups excluding carboxylic acids is 1. The van der Waals surface area contributed by atoms with Gasteiger partial charge in [0.05, 0.1) is 19.0 Å². The fourth-order valence-electron chi connectivity index (χ4n) is 2.60. The molecule has 0 fully saturated rings. The van der Waals surface area contributed by atoms with Crippen LogP contribution in [0.1, 0.15) is 15.9 Å². The quantitative estimate of drug-likeness (QED) is 0.678. The highest BCUT2D eigenvalue weighted by Gasteiger charge is 2.06. The standard InChI is InChI=1S/C21H21N3O2/c1-26-19-10-6-5-7-16(19)13-14-22-20-12-11-18(15-23-20)24-21(25)17-8-3-2-4-9-17/h2-12,15H,13-14H2,1H3,(H,22,23)(H,24,25). The average molecular weight is 347 g/mol. The van der Waals surface area contributed by atoms with Crippen molar-refractivity contribution in [1.29, 1.82) is 0 Å². The van der Waals surface area contributed by atoms with Crippen LogP contribution in [0.4, 0.5) is 11.5 Å². The second-order valence-electron chi connectivity index (χ2n) is 5.74. The van der Waals surface area contributed by atoms with Gasteiger partial charge in [0.15, 0.2) is 0 Å². The van der Waals surface area contributed by atoms with Gasteiger partial charge in [-0.3, -0.25) is 4.79 Å². The molecule has 5 heteroatoms. The Balaban J connectivity index is 1.52. The normalized spacial score (nSPS) is 10.2. The van der Waals surface area contributed by atoms with Crippen LogP contribution in [0.5, 0.6) is 5.75 Å². The Morgan fingerprint density at radius 2 is 1.77 bits per heavy atom. The second kappa shape index (κ2) is 8.67. The smallest absolute Gasteiger partial charge is 0.255 e. The lowest BCUT2D eigenvalue weighted by atomic mass is 10.1. The monoisotopic (exact) mass is 347 g/mol. The summed E-state index contributed by atoms with van der Waals surface area (Å²) in [5, 5.41) is 6.11.